The van der Waals surface area contributed by atoms with Crippen LogP contribution >= 0.6 is 35.0 Å². The molecular weight excluding hydrogens is 351 g/mol. The van der Waals surface area contributed by atoms with Crippen molar-refractivity contribution in [3.63, 3.8) is 0 Å². The summed E-state index contributed by atoms with van der Waals surface area (Å²) in [7, 11) is 0. The third-order valence-corrected chi connectivity index (χ3v) is 5.39. The van der Waals surface area contributed by atoms with Gasteiger partial charge in [0.1, 0.15) is 0 Å². The number of rotatable bonds is 4. The molecule has 0 fully saturated rings. The highest BCUT2D eigenvalue weighted by molar-refractivity contribution is 7.99. The fourth-order valence-corrected chi connectivity index (χ4v) is 3.61. The Kier molecular flexibility index (Phi) is 4.95. The molecule has 0 spiro atoms. The first-order chi connectivity index (χ1) is 11.0. The number of nitrogens with zero attached hydrogens (tertiary/aromatic N) is 2. The van der Waals surface area contributed by atoms with E-state index in [-0.39, 0.29) is 5.25 Å². The van der Waals surface area contributed by atoms with Crippen LogP contribution in [0.2, 0.25) is 10.0 Å². The molecule has 3 rings (SSSR count). The lowest BCUT2D eigenvalue weighted by Gasteiger charge is -2.09. The topological polar surface area (TPSA) is 38.9 Å². The smallest absolute Gasteiger partial charge is 0.247 e. The third-order valence-electron chi connectivity index (χ3n) is 3.30. The van der Waals surface area contributed by atoms with Crippen molar-refractivity contribution in [1.29, 1.82) is 0 Å². The second kappa shape index (κ2) is 6.95. The van der Waals surface area contributed by atoms with Crippen molar-refractivity contribution in [1.82, 2.24) is 10.2 Å². The van der Waals surface area contributed by atoms with Crippen LogP contribution in [0.1, 0.15) is 23.6 Å². The van der Waals surface area contributed by atoms with Gasteiger partial charge in [-0.25, -0.2) is 0 Å². The van der Waals surface area contributed by atoms with Crippen LogP contribution in [0.3, 0.4) is 0 Å². The molecule has 0 aliphatic heterocycles. The van der Waals surface area contributed by atoms with Crippen molar-refractivity contribution in [3.05, 3.63) is 64.0 Å². The Bertz CT molecular complexity index is 797. The first-order valence-corrected chi connectivity index (χ1v) is 8.69. The summed E-state index contributed by atoms with van der Waals surface area (Å²) in [4.78, 5) is 0.818. The molecular formula is C17H14Cl2N2OS. The van der Waals surface area contributed by atoms with Gasteiger partial charge < -0.3 is 4.42 Å². The van der Waals surface area contributed by atoms with Crippen molar-refractivity contribution in [3.8, 4) is 11.5 Å². The maximum atomic E-state index is 6.21. The minimum atomic E-state index is -0.0564. The Balaban J connectivity index is 1.81. The number of hydrogen-bond acceptors (Lipinski definition) is 4. The van der Waals surface area contributed by atoms with Crippen molar-refractivity contribution in [2.75, 3.05) is 0 Å². The standard InChI is InChI=1S/C17H14Cl2N2OS/c1-10-6-8-12(9-7-10)17-21-20-16(22-17)11(2)23-15-13(18)4-3-5-14(15)19/h3-9,11H,1-2H3/t11-/m0/s1. The maximum absolute atomic E-state index is 6.21. The van der Waals surface area contributed by atoms with E-state index in [2.05, 4.69) is 10.2 Å². The van der Waals surface area contributed by atoms with Gasteiger partial charge in [0, 0.05) is 10.5 Å². The molecule has 0 bridgehead atoms. The summed E-state index contributed by atoms with van der Waals surface area (Å²) in [5.74, 6) is 1.05. The number of benzene rings is 2. The summed E-state index contributed by atoms with van der Waals surface area (Å²) in [6.45, 7) is 4.02. The Morgan fingerprint density at radius 2 is 1.65 bits per heavy atom. The summed E-state index contributed by atoms with van der Waals surface area (Å²) >= 11 is 13.9. The Morgan fingerprint density at radius 3 is 2.30 bits per heavy atom. The minimum Gasteiger partial charge on any atom is -0.419 e. The van der Waals surface area contributed by atoms with Gasteiger partial charge in [-0.15, -0.1) is 22.0 Å². The van der Waals surface area contributed by atoms with E-state index in [9.17, 15) is 0 Å². The molecule has 2 aromatic carbocycles. The number of thioether (sulfide) groups is 1. The van der Waals surface area contributed by atoms with E-state index in [0.717, 1.165) is 10.5 Å². The van der Waals surface area contributed by atoms with E-state index >= 15 is 0 Å². The minimum absolute atomic E-state index is 0.0564. The molecule has 0 saturated heterocycles. The van der Waals surface area contributed by atoms with Crippen molar-refractivity contribution in [2.24, 2.45) is 0 Å². The van der Waals surface area contributed by atoms with E-state index in [1.165, 1.54) is 17.3 Å². The highest BCUT2D eigenvalue weighted by Crippen LogP contribution is 2.42. The van der Waals surface area contributed by atoms with Gasteiger partial charge in [-0.1, -0.05) is 47.0 Å². The van der Waals surface area contributed by atoms with Crippen LogP contribution in [0, 0.1) is 6.92 Å². The average Bonchev–Trinajstić information content (AvgIpc) is 3.02. The van der Waals surface area contributed by atoms with Gasteiger partial charge in [0.25, 0.3) is 0 Å². The van der Waals surface area contributed by atoms with Gasteiger partial charge in [0.15, 0.2) is 0 Å². The molecule has 0 amide bonds. The van der Waals surface area contributed by atoms with Gasteiger partial charge in [-0.3, -0.25) is 0 Å². The summed E-state index contributed by atoms with van der Waals surface area (Å²) < 4.78 is 5.79. The fourth-order valence-electron chi connectivity index (χ4n) is 2.03. The first-order valence-electron chi connectivity index (χ1n) is 7.05. The highest BCUT2D eigenvalue weighted by Gasteiger charge is 2.19. The maximum Gasteiger partial charge on any atom is 0.247 e. The SMILES string of the molecule is Cc1ccc(-c2nnc([C@H](C)Sc3c(Cl)cccc3Cl)o2)cc1. The number of aromatic nitrogens is 2. The summed E-state index contributed by atoms with van der Waals surface area (Å²) in [6, 6.07) is 13.4. The third kappa shape index (κ3) is 3.71. The Hall–Kier alpha value is -1.49. The average molecular weight is 365 g/mol. The van der Waals surface area contributed by atoms with Crippen LogP contribution in [0.25, 0.3) is 11.5 Å². The van der Waals surface area contributed by atoms with Gasteiger partial charge in [0.2, 0.25) is 11.8 Å². The largest absolute Gasteiger partial charge is 0.419 e. The molecule has 3 nitrogen and oxygen atoms in total. The zero-order chi connectivity index (χ0) is 16.4. The molecule has 3 aromatic rings. The zero-order valence-corrected chi connectivity index (χ0v) is 14.9. The van der Waals surface area contributed by atoms with Crippen LogP contribution in [-0.4, -0.2) is 10.2 Å². The fraction of sp³-hybridized carbons (Fsp3) is 0.176. The number of hydrogen-bond donors (Lipinski definition) is 0. The first kappa shape index (κ1) is 16.4. The van der Waals surface area contributed by atoms with Crippen LogP contribution in [0.5, 0.6) is 0 Å². The van der Waals surface area contributed by atoms with Crippen molar-refractivity contribution in [2.45, 2.75) is 24.0 Å². The lowest BCUT2D eigenvalue weighted by atomic mass is 10.1. The summed E-state index contributed by atoms with van der Waals surface area (Å²) in [6.07, 6.45) is 0. The molecule has 118 valence electrons. The predicted octanol–water partition coefficient (Wildman–Crippen LogP) is 6.21. The van der Waals surface area contributed by atoms with E-state index in [0.29, 0.717) is 21.8 Å². The molecule has 6 heteroatoms. The van der Waals surface area contributed by atoms with E-state index in [1.807, 2.05) is 56.3 Å². The van der Waals surface area contributed by atoms with Crippen LogP contribution in [0.4, 0.5) is 0 Å². The second-order valence-electron chi connectivity index (χ2n) is 5.12. The lowest BCUT2D eigenvalue weighted by Crippen LogP contribution is -1.89. The van der Waals surface area contributed by atoms with Crippen LogP contribution < -0.4 is 0 Å². The predicted molar refractivity (Wildman–Crippen MR) is 95.2 cm³/mol. The molecule has 0 saturated carbocycles. The number of aryl methyl sites for hydroxylation is 1. The highest BCUT2D eigenvalue weighted by atomic mass is 35.5. The summed E-state index contributed by atoms with van der Waals surface area (Å²) in [5, 5.41) is 9.45. The second-order valence-corrected chi connectivity index (χ2v) is 7.29. The van der Waals surface area contributed by atoms with E-state index in [4.69, 9.17) is 27.6 Å². The quantitative estimate of drug-likeness (QED) is 0.516. The molecule has 0 N–H and O–H groups in total. The normalized spacial score (nSPS) is 12.3. The summed E-state index contributed by atoms with van der Waals surface area (Å²) in [5.41, 5.74) is 2.09. The molecule has 0 radical (unpaired) electrons. The number of halogens is 2. The molecule has 1 atom stereocenters. The monoisotopic (exact) mass is 364 g/mol. The van der Waals surface area contributed by atoms with Gasteiger partial charge in [-0.2, -0.15) is 0 Å². The zero-order valence-electron chi connectivity index (χ0n) is 12.6. The van der Waals surface area contributed by atoms with Crippen molar-refractivity contribution < 1.29 is 4.42 Å². The van der Waals surface area contributed by atoms with E-state index in [1.54, 1.807) is 0 Å². The molecule has 1 aromatic heterocycles. The van der Waals surface area contributed by atoms with Crippen molar-refractivity contribution >= 4 is 35.0 Å². The Labute approximate surface area is 149 Å². The Morgan fingerprint density at radius 1 is 1.00 bits per heavy atom. The molecule has 0 aliphatic carbocycles. The molecule has 1 heterocycles. The van der Waals surface area contributed by atoms with Gasteiger partial charge >= 0.3 is 0 Å². The molecule has 0 unspecified atom stereocenters. The lowest BCUT2D eigenvalue weighted by molar-refractivity contribution is 0.509. The van der Waals surface area contributed by atoms with Gasteiger partial charge in [0.05, 0.1) is 15.3 Å². The molecule has 0 aliphatic rings. The van der Waals surface area contributed by atoms with Crippen LogP contribution in [0.15, 0.2) is 51.8 Å². The molecule has 23 heavy (non-hydrogen) atoms. The van der Waals surface area contributed by atoms with Gasteiger partial charge in [-0.05, 0) is 38.1 Å². The van der Waals surface area contributed by atoms with Crippen LogP contribution in [-0.2, 0) is 0 Å². The van der Waals surface area contributed by atoms with E-state index < -0.39 is 0 Å².